The zero-order chi connectivity index (χ0) is 14.3. The molecule has 0 aliphatic heterocycles. The number of aromatic nitrogens is 2. The molecular formula is C13H8F3N3S. The van der Waals surface area contributed by atoms with Crippen molar-refractivity contribution < 1.29 is 13.2 Å². The second-order valence-electron chi connectivity index (χ2n) is 4.17. The Morgan fingerprint density at radius 1 is 1.10 bits per heavy atom. The molecule has 2 aromatic heterocycles. The number of pyridine rings is 1. The van der Waals surface area contributed by atoms with Crippen molar-refractivity contribution in [3.63, 3.8) is 0 Å². The standard InChI is InChI=1S/C13H8F3N3S/c14-13(15,16)8-2-3-10-9(5-8)19-12(20-10)7-1-4-11(17)18-6-7/h1-6H,(H2,17,18). The summed E-state index contributed by atoms with van der Waals surface area (Å²) in [5.41, 5.74) is 5.86. The first-order valence-corrected chi connectivity index (χ1v) is 6.45. The van der Waals surface area contributed by atoms with Crippen molar-refractivity contribution in [3.8, 4) is 10.6 Å². The Labute approximate surface area is 115 Å². The molecule has 3 nitrogen and oxygen atoms in total. The number of hydrogen-bond acceptors (Lipinski definition) is 4. The summed E-state index contributed by atoms with van der Waals surface area (Å²) in [6.45, 7) is 0. The van der Waals surface area contributed by atoms with Crippen LogP contribution >= 0.6 is 11.3 Å². The molecule has 0 radical (unpaired) electrons. The van der Waals surface area contributed by atoms with E-state index in [1.807, 2.05) is 0 Å². The molecular weight excluding hydrogens is 287 g/mol. The lowest BCUT2D eigenvalue weighted by Crippen LogP contribution is -2.03. The number of nitrogen functional groups attached to an aromatic ring is 1. The topological polar surface area (TPSA) is 51.8 Å². The highest BCUT2D eigenvalue weighted by atomic mass is 32.1. The molecule has 0 aliphatic rings. The van der Waals surface area contributed by atoms with Crippen LogP contribution in [0.15, 0.2) is 36.5 Å². The maximum absolute atomic E-state index is 12.6. The van der Waals surface area contributed by atoms with Crippen molar-refractivity contribution in [2.45, 2.75) is 6.18 Å². The van der Waals surface area contributed by atoms with Crippen molar-refractivity contribution in [2.24, 2.45) is 0 Å². The van der Waals surface area contributed by atoms with Crippen LogP contribution < -0.4 is 5.73 Å². The summed E-state index contributed by atoms with van der Waals surface area (Å²) in [6.07, 6.45) is -2.81. The molecule has 3 aromatic rings. The number of nitrogens with zero attached hydrogens (tertiary/aromatic N) is 2. The Morgan fingerprint density at radius 3 is 2.55 bits per heavy atom. The van der Waals surface area contributed by atoms with Gasteiger partial charge in [-0.1, -0.05) is 0 Å². The number of rotatable bonds is 1. The lowest BCUT2D eigenvalue weighted by molar-refractivity contribution is -0.137. The van der Waals surface area contributed by atoms with Crippen LogP contribution in [-0.4, -0.2) is 9.97 Å². The predicted octanol–water partition coefficient (Wildman–Crippen LogP) is 3.96. The molecule has 2 heterocycles. The summed E-state index contributed by atoms with van der Waals surface area (Å²) in [6, 6.07) is 6.92. The van der Waals surface area contributed by atoms with Gasteiger partial charge in [-0.15, -0.1) is 11.3 Å². The third kappa shape index (κ3) is 2.32. The summed E-state index contributed by atoms with van der Waals surface area (Å²) in [5, 5.41) is 0.617. The highest BCUT2D eigenvalue weighted by Gasteiger charge is 2.30. The Morgan fingerprint density at radius 2 is 1.90 bits per heavy atom. The monoisotopic (exact) mass is 295 g/mol. The molecule has 0 bridgehead atoms. The van der Waals surface area contributed by atoms with Gasteiger partial charge < -0.3 is 5.73 Å². The van der Waals surface area contributed by atoms with Crippen LogP contribution in [0.1, 0.15) is 5.56 Å². The van der Waals surface area contributed by atoms with Crippen molar-refractivity contribution in [1.29, 1.82) is 0 Å². The van der Waals surface area contributed by atoms with Crippen molar-refractivity contribution in [1.82, 2.24) is 9.97 Å². The highest BCUT2D eigenvalue weighted by Crippen LogP contribution is 2.35. The molecule has 3 rings (SSSR count). The molecule has 0 atom stereocenters. The third-order valence-corrected chi connectivity index (χ3v) is 3.83. The second-order valence-corrected chi connectivity index (χ2v) is 5.20. The molecule has 0 spiro atoms. The summed E-state index contributed by atoms with van der Waals surface area (Å²) in [4.78, 5) is 8.17. The van der Waals surface area contributed by atoms with Gasteiger partial charge in [0.15, 0.2) is 0 Å². The lowest BCUT2D eigenvalue weighted by Gasteiger charge is -2.04. The van der Waals surface area contributed by atoms with Crippen molar-refractivity contribution >= 4 is 27.4 Å². The molecule has 2 N–H and O–H groups in total. The molecule has 0 aliphatic carbocycles. The summed E-state index contributed by atoms with van der Waals surface area (Å²) in [7, 11) is 0. The third-order valence-electron chi connectivity index (χ3n) is 2.75. The Balaban J connectivity index is 2.09. The van der Waals surface area contributed by atoms with Crippen molar-refractivity contribution in [2.75, 3.05) is 5.73 Å². The molecule has 0 unspecified atom stereocenters. The molecule has 20 heavy (non-hydrogen) atoms. The first kappa shape index (κ1) is 12.9. The quantitative estimate of drug-likeness (QED) is 0.739. The number of alkyl halides is 3. The van der Waals surface area contributed by atoms with Crippen LogP contribution in [0.5, 0.6) is 0 Å². The van der Waals surface area contributed by atoms with Crippen LogP contribution in [0.4, 0.5) is 19.0 Å². The number of anilines is 1. The zero-order valence-electron chi connectivity index (χ0n) is 9.98. The summed E-state index contributed by atoms with van der Waals surface area (Å²) < 4.78 is 38.6. The number of nitrogens with two attached hydrogens (primary N) is 1. The van der Waals surface area contributed by atoms with Gasteiger partial charge in [0.25, 0.3) is 0 Å². The Kier molecular flexibility index (Phi) is 2.86. The summed E-state index contributed by atoms with van der Waals surface area (Å²) >= 11 is 1.32. The van der Waals surface area contributed by atoms with Crippen LogP contribution in [0.25, 0.3) is 20.8 Å². The number of halogens is 3. The second kappa shape index (κ2) is 4.45. The van der Waals surface area contributed by atoms with Crippen LogP contribution in [0, 0.1) is 0 Å². The van der Waals surface area contributed by atoms with Crippen LogP contribution in [-0.2, 0) is 6.18 Å². The van der Waals surface area contributed by atoms with Gasteiger partial charge in [0.1, 0.15) is 10.8 Å². The fraction of sp³-hybridized carbons (Fsp3) is 0.0769. The maximum Gasteiger partial charge on any atom is 0.416 e. The maximum atomic E-state index is 12.6. The van der Waals surface area contributed by atoms with E-state index in [1.54, 1.807) is 18.3 Å². The van der Waals surface area contributed by atoms with E-state index in [4.69, 9.17) is 5.73 Å². The Bertz CT molecular complexity index is 763. The first-order valence-electron chi connectivity index (χ1n) is 5.63. The minimum Gasteiger partial charge on any atom is -0.384 e. The molecule has 102 valence electrons. The summed E-state index contributed by atoms with van der Waals surface area (Å²) in [5.74, 6) is 0.384. The van der Waals surface area contributed by atoms with Gasteiger partial charge >= 0.3 is 6.18 Å². The van der Waals surface area contributed by atoms with Gasteiger partial charge in [0.05, 0.1) is 15.8 Å². The van der Waals surface area contributed by atoms with E-state index >= 15 is 0 Å². The molecule has 0 saturated heterocycles. The predicted molar refractivity (Wildman–Crippen MR) is 72.3 cm³/mol. The van der Waals surface area contributed by atoms with Gasteiger partial charge in [0.2, 0.25) is 0 Å². The molecule has 7 heteroatoms. The first-order chi connectivity index (χ1) is 9.43. The van der Waals surface area contributed by atoms with E-state index in [1.165, 1.54) is 17.4 Å². The van der Waals surface area contributed by atoms with Gasteiger partial charge in [-0.25, -0.2) is 9.97 Å². The lowest BCUT2D eigenvalue weighted by atomic mass is 10.2. The number of hydrogen-bond donors (Lipinski definition) is 1. The number of benzene rings is 1. The van der Waals surface area contributed by atoms with E-state index in [9.17, 15) is 13.2 Å². The van der Waals surface area contributed by atoms with Gasteiger partial charge in [0, 0.05) is 11.8 Å². The molecule has 0 amide bonds. The van der Waals surface area contributed by atoms with Crippen LogP contribution in [0.2, 0.25) is 0 Å². The normalized spacial score (nSPS) is 11.9. The minimum atomic E-state index is -4.36. The van der Waals surface area contributed by atoms with E-state index in [0.717, 1.165) is 17.7 Å². The number of fused-ring (bicyclic) bond motifs is 1. The molecule has 0 saturated carbocycles. The largest absolute Gasteiger partial charge is 0.416 e. The number of thiazole rings is 1. The minimum absolute atomic E-state index is 0.330. The average molecular weight is 295 g/mol. The molecule has 0 fully saturated rings. The van der Waals surface area contributed by atoms with E-state index < -0.39 is 11.7 Å². The fourth-order valence-electron chi connectivity index (χ4n) is 1.76. The van der Waals surface area contributed by atoms with E-state index in [0.29, 0.717) is 21.0 Å². The fourth-order valence-corrected chi connectivity index (χ4v) is 2.70. The van der Waals surface area contributed by atoms with Gasteiger partial charge in [-0.05, 0) is 30.3 Å². The zero-order valence-corrected chi connectivity index (χ0v) is 10.8. The van der Waals surface area contributed by atoms with E-state index in [2.05, 4.69) is 9.97 Å². The average Bonchev–Trinajstić information content (AvgIpc) is 2.81. The smallest absolute Gasteiger partial charge is 0.384 e. The Hall–Kier alpha value is -2.15. The molecule has 1 aromatic carbocycles. The highest BCUT2D eigenvalue weighted by molar-refractivity contribution is 7.21. The van der Waals surface area contributed by atoms with Crippen molar-refractivity contribution in [3.05, 3.63) is 42.1 Å². The van der Waals surface area contributed by atoms with E-state index in [-0.39, 0.29) is 0 Å². The van der Waals surface area contributed by atoms with Crippen LogP contribution in [0.3, 0.4) is 0 Å². The SMILES string of the molecule is Nc1ccc(-c2nc3cc(C(F)(F)F)ccc3s2)cn1. The van der Waals surface area contributed by atoms with Gasteiger partial charge in [-0.3, -0.25) is 0 Å². The van der Waals surface area contributed by atoms with Gasteiger partial charge in [-0.2, -0.15) is 13.2 Å².